The number of nitrogens with zero attached hydrogens (tertiary/aromatic N) is 2. The van der Waals surface area contributed by atoms with Crippen LogP contribution in [0.1, 0.15) is 5.56 Å². The molecule has 6 nitrogen and oxygen atoms in total. The van der Waals surface area contributed by atoms with E-state index >= 15 is 0 Å². The highest BCUT2D eigenvalue weighted by Gasteiger charge is 2.14. The van der Waals surface area contributed by atoms with E-state index in [-0.39, 0.29) is 10.8 Å². The number of hydrogen-bond donors (Lipinski definition) is 2. The molecule has 1 aromatic heterocycles. The van der Waals surface area contributed by atoms with Crippen LogP contribution in [0.15, 0.2) is 36.5 Å². The Bertz CT molecular complexity index is 999. The molecule has 0 unspecified atom stereocenters. The summed E-state index contributed by atoms with van der Waals surface area (Å²) >= 11 is 5.96. The number of ether oxygens (including phenoxy) is 2. The van der Waals surface area contributed by atoms with Gasteiger partial charge in [-0.05, 0) is 24.3 Å². The van der Waals surface area contributed by atoms with Crippen molar-refractivity contribution in [3.63, 3.8) is 0 Å². The van der Waals surface area contributed by atoms with Gasteiger partial charge in [0.25, 0.3) is 0 Å². The number of anilines is 2. The summed E-state index contributed by atoms with van der Waals surface area (Å²) in [6.07, 6.45) is 1.48. The molecular formula is C18H14ClN3O3. The molecule has 0 aliphatic carbocycles. The Labute approximate surface area is 149 Å². The van der Waals surface area contributed by atoms with E-state index in [0.29, 0.717) is 39.3 Å². The first-order chi connectivity index (χ1) is 12.1. The number of halogens is 1. The van der Waals surface area contributed by atoms with Crippen LogP contribution in [0.4, 0.5) is 11.4 Å². The van der Waals surface area contributed by atoms with Gasteiger partial charge in [-0.1, -0.05) is 11.6 Å². The molecule has 7 heteroatoms. The van der Waals surface area contributed by atoms with E-state index < -0.39 is 0 Å². The number of methoxy groups -OCH3 is 2. The molecule has 0 fully saturated rings. The summed E-state index contributed by atoms with van der Waals surface area (Å²) in [7, 11) is 3.09. The summed E-state index contributed by atoms with van der Waals surface area (Å²) in [6.45, 7) is 0. The minimum atomic E-state index is -0.0151. The number of nitriles is 1. The predicted molar refractivity (Wildman–Crippen MR) is 96.0 cm³/mol. The maximum Gasteiger partial charge on any atom is 0.162 e. The Morgan fingerprint density at radius 2 is 1.88 bits per heavy atom. The molecule has 25 heavy (non-hydrogen) atoms. The Balaban J connectivity index is 2.20. The molecule has 0 radical (unpaired) electrons. The normalized spacial score (nSPS) is 10.3. The molecule has 0 atom stereocenters. The van der Waals surface area contributed by atoms with Gasteiger partial charge in [0.1, 0.15) is 11.8 Å². The lowest BCUT2D eigenvalue weighted by Gasteiger charge is -2.14. The Morgan fingerprint density at radius 1 is 1.16 bits per heavy atom. The zero-order valence-corrected chi connectivity index (χ0v) is 14.3. The molecule has 1 heterocycles. The third-order valence-electron chi connectivity index (χ3n) is 3.71. The summed E-state index contributed by atoms with van der Waals surface area (Å²) in [4.78, 5) is 4.31. The zero-order valence-electron chi connectivity index (χ0n) is 13.5. The van der Waals surface area contributed by atoms with Crippen molar-refractivity contribution in [2.45, 2.75) is 0 Å². The van der Waals surface area contributed by atoms with Crippen LogP contribution >= 0.6 is 11.6 Å². The molecule has 3 aromatic rings. The quantitative estimate of drug-likeness (QED) is 0.681. The van der Waals surface area contributed by atoms with Crippen LogP contribution in [-0.2, 0) is 0 Å². The SMILES string of the molecule is COc1cc2ncc(C#N)c(Nc3ccc(O)c(Cl)c3)c2cc1OC. The van der Waals surface area contributed by atoms with E-state index in [1.807, 2.05) is 0 Å². The number of phenolic OH excluding ortho intramolecular Hbond substituents is 1. The van der Waals surface area contributed by atoms with E-state index in [1.54, 1.807) is 31.4 Å². The zero-order chi connectivity index (χ0) is 18.0. The molecule has 2 aromatic carbocycles. The average molecular weight is 356 g/mol. The molecule has 3 rings (SSSR count). The third kappa shape index (κ3) is 3.10. The lowest BCUT2D eigenvalue weighted by molar-refractivity contribution is 0.356. The van der Waals surface area contributed by atoms with Crippen LogP contribution in [-0.4, -0.2) is 24.3 Å². The van der Waals surface area contributed by atoms with Gasteiger partial charge in [0.05, 0.1) is 36.0 Å². The van der Waals surface area contributed by atoms with Gasteiger partial charge >= 0.3 is 0 Å². The predicted octanol–water partition coefficient (Wildman–Crippen LogP) is 4.23. The minimum Gasteiger partial charge on any atom is -0.506 e. The molecule has 0 saturated carbocycles. The van der Waals surface area contributed by atoms with Gasteiger partial charge in [0.15, 0.2) is 11.5 Å². The van der Waals surface area contributed by atoms with E-state index in [0.717, 1.165) is 0 Å². The van der Waals surface area contributed by atoms with Gasteiger partial charge in [0, 0.05) is 23.3 Å². The standard InChI is InChI=1S/C18H14ClN3O3/c1-24-16-6-12-14(7-17(16)25-2)21-9-10(8-20)18(12)22-11-3-4-15(23)13(19)5-11/h3-7,9,23H,1-2H3,(H,21,22). The molecule has 0 saturated heterocycles. The van der Waals surface area contributed by atoms with E-state index in [4.69, 9.17) is 21.1 Å². The lowest BCUT2D eigenvalue weighted by Crippen LogP contribution is -1.98. The van der Waals surface area contributed by atoms with Crippen LogP contribution in [0.3, 0.4) is 0 Å². The number of aromatic hydroxyl groups is 1. The first kappa shape index (κ1) is 16.7. The molecule has 0 spiro atoms. The van der Waals surface area contributed by atoms with Crippen molar-refractivity contribution in [2.75, 3.05) is 19.5 Å². The lowest BCUT2D eigenvalue weighted by atomic mass is 10.1. The Morgan fingerprint density at radius 3 is 2.52 bits per heavy atom. The third-order valence-corrected chi connectivity index (χ3v) is 4.01. The highest BCUT2D eigenvalue weighted by Crippen LogP contribution is 2.37. The Hall–Kier alpha value is -3.17. The number of aromatic nitrogens is 1. The summed E-state index contributed by atoms with van der Waals surface area (Å²) in [5, 5.41) is 23.1. The van der Waals surface area contributed by atoms with Crippen molar-refractivity contribution < 1.29 is 14.6 Å². The maximum absolute atomic E-state index is 9.56. The van der Waals surface area contributed by atoms with Crippen molar-refractivity contribution in [3.05, 3.63) is 47.1 Å². The Kier molecular flexibility index (Phi) is 4.50. The molecule has 2 N–H and O–H groups in total. The highest BCUT2D eigenvalue weighted by atomic mass is 35.5. The second-order valence-corrected chi connectivity index (χ2v) is 5.58. The topological polar surface area (TPSA) is 87.4 Å². The first-order valence-corrected chi connectivity index (χ1v) is 7.65. The molecule has 0 amide bonds. The van der Waals surface area contributed by atoms with E-state index in [9.17, 15) is 10.4 Å². The van der Waals surface area contributed by atoms with Gasteiger partial charge in [0.2, 0.25) is 0 Å². The molecule has 126 valence electrons. The number of fused-ring (bicyclic) bond motifs is 1. The number of hydrogen-bond acceptors (Lipinski definition) is 6. The van der Waals surface area contributed by atoms with Crippen molar-refractivity contribution >= 4 is 33.9 Å². The largest absolute Gasteiger partial charge is 0.506 e. The van der Waals surface area contributed by atoms with Gasteiger partial charge in [-0.25, -0.2) is 0 Å². The fourth-order valence-corrected chi connectivity index (χ4v) is 2.65. The number of pyridine rings is 1. The van der Waals surface area contributed by atoms with Crippen LogP contribution in [0, 0.1) is 11.3 Å². The van der Waals surface area contributed by atoms with Gasteiger partial charge in [-0.15, -0.1) is 0 Å². The monoisotopic (exact) mass is 355 g/mol. The molecule has 0 aliphatic heterocycles. The second kappa shape index (κ2) is 6.75. The summed E-state index contributed by atoms with van der Waals surface area (Å²) in [5.74, 6) is 1.06. The number of nitrogens with one attached hydrogen (secondary N) is 1. The van der Waals surface area contributed by atoms with Crippen molar-refractivity contribution in [1.29, 1.82) is 5.26 Å². The number of benzene rings is 2. The van der Waals surface area contributed by atoms with Crippen molar-refractivity contribution in [1.82, 2.24) is 4.98 Å². The van der Waals surface area contributed by atoms with Gasteiger partial charge in [-0.2, -0.15) is 5.26 Å². The highest BCUT2D eigenvalue weighted by molar-refractivity contribution is 6.32. The second-order valence-electron chi connectivity index (χ2n) is 5.17. The fourth-order valence-electron chi connectivity index (χ4n) is 2.47. The minimum absolute atomic E-state index is 0.0151. The van der Waals surface area contributed by atoms with Crippen molar-refractivity contribution in [3.8, 4) is 23.3 Å². The van der Waals surface area contributed by atoms with Crippen LogP contribution in [0.2, 0.25) is 5.02 Å². The fraction of sp³-hybridized carbons (Fsp3) is 0.111. The molecule has 0 bridgehead atoms. The van der Waals surface area contributed by atoms with Gasteiger partial charge < -0.3 is 19.9 Å². The number of phenols is 1. The smallest absolute Gasteiger partial charge is 0.162 e. The van der Waals surface area contributed by atoms with E-state index in [2.05, 4.69) is 16.4 Å². The van der Waals surface area contributed by atoms with Crippen LogP contribution in [0.25, 0.3) is 10.9 Å². The van der Waals surface area contributed by atoms with E-state index in [1.165, 1.54) is 19.4 Å². The summed E-state index contributed by atoms with van der Waals surface area (Å²) in [6, 6.07) is 10.3. The van der Waals surface area contributed by atoms with Crippen LogP contribution in [0.5, 0.6) is 17.2 Å². The first-order valence-electron chi connectivity index (χ1n) is 7.27. The summed E-state index contributed by atoms with van der Waals surface area (Å²) < 4.78 is 10.6. The summed E-state index contributed by atoms with van der Waals surface area (Å²) in [5.41, 5.74) is 2.20. The molecule has 0 aliphatic rings. The molecular weight excluding hydrogens is 342 g/mol. The average Bonchev–Trinajstić information content (AvgIpc) is 2.63. The van der Waals surface area contributed by atoms with Crippen LogP contribution < -0.4 is 14.8 Å². The number of rotatable bonds is 4. The van der Waals surface area contributed by atoms with Gasteiger partial charge in [-0.3, -0.25) is 4.98 Å². The van der Waals surface area contributed by atoms with Crippen molar-refractivity contribution in [2.24, 2.45) is 0 Å². The maximum atomic E-state index is 9.56.